The molecule has 0 bridgehead atoms. The molecule has 0 aliphatic heterocycles. The summed E-state index contributed by atoms with van der Waals surface area (Å²) in [6.45, 7) is 4.51. The standard InChI is InChI=1S/C14H20N4O2S/c1-4-9(2)15-11(19)7-8-18-13-10(16-14(18)21)5-6-12(17-13)20-3/h5-6,9H,4,7-8H2,1-3H3,(H,15,19)(H,16,21). The van der Waals surface area contributed by atoms with Crippen molar-refractivity contribution in [1.82, 2.24) is 19.9 Å². The van der Waals surface area contributed by atoms with Crippen LogP contribution in [-0.4, -0.2) is 33.6 Å². The number of H-pyrrole nitrogens is 1. The summed E-state index contributed by atoms with van der Waals surface area (Å²) in [6.07, 6.45) is 1.28. The van der Waals surface area contributed by atoms with Crippen LogP contribution in [-0.2, 0) is 11.3 Å². The fourth-order valence-corrected chi connectivity index (χ4v) is 2.28. The molecule has 0 radical (unpaired) electrons. The number of imidazole rings is 1. The summed E-state index contributed by atoms with van der Waals surface area (Å²) in [5.74, 6) is 0.540. The molecule has 1 amide bonds. The van der Waals surface area contributed by atoms with Gasteiger partial charge in [-0.1, -0.05) is 6.92 Å². The maximum Gasteiger partial charge on any atom is 0.222 e. The van der Waals surface area contributed by atoms with E-state index in [4.69, 9.17) is 17.0 Å². The average molecular weight is 308 g/mol. The van der Waals surface area contributed by atoms with Crippen molar-refractivity contribution < 1.29 is 9.53 Å². The van der Waals surface area contributed by atoms with Gasteiger partial charge in [0.25, 0.3) is 0 Å². The zero-order valence-corrected chi connectivity index (χ0v) is 13.3. The van der Waals surface area contributed by atoms with E-state index in [2.05, 4.69) is 15.3 Å². The van der Waals surface area contributed by atoms with Crippen LogP contribution in [0.25, 0.3) is 11.2 Å². The van der Waals surface area contributed by atoms with Crippen molar-refractivity contribution in [2.75, 3.05) is 7.11 Å². The summed E-state index contributed by atoms with van der Waals surface area (Å²) in [5, 5.41) is 2.94. The van der Waals surface area contributed by atoms with Gasteiger partial charge < -0.3 is 19.6 Å². The maximum atomic E-state index is 11.9. The van der Waals surface area contributed by atoms with Gasteiger partial charge in [0.05, 0.1) is 12.6 Å². The first-order valence-corrected chi connectivity index (χ1v) is 7.39. The number of nitrogens with zero attached hydrogens (tertiary/aromatic N) is 2. The smallest absolute Gasteiger partial charge is 0.222 e. The van der Waals surface area contributed by atoms with E-state index in [9.17, 15) is 4.79 Å². The van der Waals surface area contributed by atoms with Crippen molar-refractivity contribution in [2.24, 2.45) is 0 Å². The van der Waals surface area contributed by atoms with Crippen molar-refractivity contribution in [2.45, 2.75) is 39.3 Å². The Labute approximate surface area is 128 Å². The molecule has 1 unspecified atom stereocenters. The number of hydrogen-bond donors (Lipinski definition) is 2. The number of methoxy groups -OCH3 is 1. The molecule has 1 atom stereocenters. The van der Waals surface area contributed by atoms with Gasteiger partial charge in [0.15, 0.2) is 10.4 Å². The van der Waals surface area contributed by atoms with E-state index in [0.717, 1.165) is 11.9 Å². The zero-order valence-electron chi connectivity index (χ0n) is 12.5. The van der Waals surface area contributed by atoms with E-state index in [1.54, 1.807) is 13.2 Å². The minimum absolute atomic E-state index is 0.0171. The van der Waals surface area contributed by atoms with E-state index in [-0.39, 0.29) is 11.9 Å². The summed E-state index contributed by atoms with van der Waals surface area (Å²) < 4.78 is 7.51. The molecule has 114 valence electrons. The highest BCUT2D eigenvalue weighted by molar-refractivity contribution is 7.71. The zero-order chi connectivity index (χ0) is 15.4. The molecule has 2 N–H and O–H groups in total. The number of carbonyl (C=O) groups is 1. The summed E-state index contributed by atoms with van der Waals surface area (Å²) in [4.78, 5) is 19.3. The second-order valence-corrected chi connectivity index (χ2v) is 5.32. The number of aryl methyl sites for hydroxylation is 1. The van der Waals surface area contributed by atoms with Crippen molar-refractivity contribution in [1.29, 1.82) is 0 Å². The first-order valence-electron chi connectivity index (χ1n) is 6.98. The molecule has 0 saturated heterocycles. The molecule has 0 spiro atoms. The Balaban J connectivity index is 2.16. The van der Waals surface area contributed by atoms with Gasteiger partial charge in [-0.05, 0) is 31.6 Å². The Bertz CT molecular complexity index is 692. The second kappa shape index (κ2) is 6.71. The number of fused-ring (bicyclic) bond motifs is 1. The lowest BCUT2D eigenvalue weighted by Gasteiger charge is -2.11. The molecule has 2 aromatic heterocycles. The third kappa shape index (κ3) is 3.60. The Morgan fingerprint density at radius 3 is 3.00 bits per heavy atom. The number of aromatic amines is 1. The van der Waals surface area contributed by atoms with E-state index >= 15 is 0 Å². The molecule has 2 aromatic rings. The lowest BCUT2D eigenvalue weighted by molar-refractivity contribution is -0.121. The third-order valence-electron chi connectivity index (χ3n) is 3.38. The second-order valence-electron chi connectivity index (χ2n) is 4.93. The van der Waals surface area contributed by atoms with Crippen LogP contribution >= 0.6 is 12.2 Å². The molecule has 0 aliphatic rings. The Morgan fingerprint density at radius 1 is 1.57 bits per heavy atom. The minimum atomic E-state index is 0.0171. The molecule has 6 nitrogen and oxygen atoms in total. The van der Waals surface area contributed by atoms with Gasteiger partial charge in [-0.15, -0.1) is 0 Å². The van der Waals surface area contributed by atoms with Crippen LogP contribution in [0.2, 0.25) is 0 Å². The van der Waals surface area contributed by atoms with Crippen molar-refractivity contribution in [3.05, 3.63) is 16.9 Å². The number of pyridine rings is 1. The highest BCUT2D eigenvalue weighted by atomic mass is 32.1. The lowest BCUT2D eigenvalue weighted by atomic mass is 10.2. The van der Waals surface area contributed by atoms with Gasteiger partial charge in [-0.2, -0.15) is 4.98 Å². The molecule has 0 aliphatic carbocycles. The lowest BCUT2D eigenvalue weighted by Crippen LogP contribution is -2.32. The Kier molecular flexibility index (Phi) is 4.95. The number of nitrogens with one attached hydrogen (secondary N) is 2. The Morgan fingerprint density at radius 2 is 2.33 bits per heavy atom. The van der Waals surface area contributed by atoms with Crippen LogP contribution in [0, 0.1) is 4.77 Å². The SMILES string of the molecule is CCC(C)NC(=O)CCn1c(=S)[nH]c2ccc(OC)nc21. The summed E-state index contributed by atoms with van der Waals surface area (Å²) in [6, 6.07) is 3.83. The first kappa shape index (κ1) is 15.5. The van der Waals surface area contributed by atoms with Crippen LogP contribution < -0.4 is 10.1 Å². The third-order valence-corrected chi connectivity index (χ3v) is 3.71. The number of aromatic nitrogens is 3. The fraction of sp³-hybridized carbons (Fsp3) is 0.500. The first-order chi connectivity index (χ1) is 10.0. The highest BCUT2D eigenvalue weighted by Gasteiger charge is 2.10. The summed E-state index contributed by atoms with van der Waals surface area (Å²) in [5.41, 5.74) is 1.54. The van der Waals surface area contributed by atoms with Crippen LogP contribution in [0.5, 0.6) is 5.88 Å². The van der Waals surface area contributed by atoms with E-state index in [1.807, 2.05) is 24.5 Å². The summed E-state index contributed by atoms with van der Waals surface area (Å²) >= 11 is 5.29. The van der Waals surface area contributed by atoms with E-state index in [0.29, 0.717) is 29.3 Å². The highest BCUT2D eigenvalue weighted by Crippen LogP contribution is 2.16. The largest absolute Gasteiger partial charge is 0.481 e. The molecule has 0 fully saturated rings. The average Bonchev–Trinajstić information content (AvgIpc) is 2.79. The maximum absolute atomic E-state index is 11.9. The van der Waals surface area contributed by atoms with Crippen molar-refractivity contribution in [3.63, 3.8) is 0 Å². The Hall–Kier alpha value is -1.89. The van der Waals surface area contributed by atoms with Gasteiger partial charge >= 0.3 is 0 Å². The molecule has 2 rings (SSSR count). The molecule has 0 saturated carbocycles. The van der Waals surface area contributed by atoms with Crippen LogP contribution in [0.1, 0.15) is 26.7 Å². The topological polar surface area (TPSA) is 71.9 Å². The van der Waals surface area contributed by atoms with Gasteiger partial charge in [0.1, 0.15) is 0 Å². The molecule has 0 aromatic carbocycles. The number of rotatable bonds is 6. The number of carbonyl (C=O) groups excluding carboxylic acids is 1. The van der Waals surface area contributed by atoms with Crippen LogP contribution in [0.4, 0.5) is 0 Å². The van der Waals surface area contributed by atoms with Crippen LogP contribution in [0.15, 0.2) is 12.1 Å². The van der Waals surface area contributed by atoms with Crippen molar-refractivity contribution in [3.8, 4) is 5.88 Å². The van der Waals surface area contributed by atoms with Crippen molar-refractivity contribution >= 4 is 29.3 Å². The fourth-order valence-electron chi connectivity index (χ4n) is 2.00. The van der Waals surface area contributed by atoms with Crippen LogP contribution in [0.3, 0.4) is 0 Å². The molecular weight excluding hydrogens is 288 g/mol. The summed E-state index contributed by atoms with van der Waals surface area (Å²) in [7, 11) is 1.57. The quantitative estimate of drug-likeness (QED) is 0.804. The van der Waals surface area contributed by atoms with Gasteiger partial charge in [0, 0.05) is 25.1 Å². The molecular formula is C14H20N4O2S. The predicted molar refractivity (Wildman–Crippen MR) is 84.0 cm³/mol. The number of amides is 1. The van der Waals surface area contributed by atoms with Gasteiger partial charge in [-0.25, -0.2) is 0 Å². The van der Waals surface area contributed by atoms with Gasteiger partial charge in [-0.3, -0.25) is 4.79 Å². The normalized spacial score (nSPS) is 12.3. The van der Waals surface area contributed by atoms with E-state index < -0.39 is 0 Å². The minimum Gasteiger partial charge on any atom is -0.481 e. The monoisotopic (exact) mass is 308 g/mol. The molecule has 7 heteroatoms. The van der Waals surface area contributed by atoms with Gasteiger partial charge in [0.2, 0.25) is 11.8 Å². The van der Waals surface area contributed by atoms with E-state index in [1.165, 1.54) is 0 Å². The number of ether oxygens (including phenoxy) is 1. The molecule has 2 heterocycles. The predicted octanol–water partition coefficient (Wildman–Crippen LogP) is 2.41. The molecule has 21 heavy (non-hydrogen) atoms. The number of hydrogen-bond acceptors (Lipinski definition) is 4.